The number of unbranched alkanes of at least 4 members (excludes halogenated alkanes) is 25. The maximum Gasteiger partial charge on any atom is 0.249 e. The van der Waals surface area contributed by atoms with Crippen molar-refractivity contribution >= 4 is 5.91 Å². The fourth-order valence-corrected chi connectivity index (χ4v) is 6.57. The van der Waals surface area contributed by atoms with Gasteiger partial charge in [-0.15, -0.1) is 0 Å². The van der Waals surface area contributed by atoms with Crippen molar-refractivity contribution in [3.8, 4) is 0 Å². The summed E-state index contributed by atoms with van der Waals surface area (Å²) in [5.41, 5.74) is 0. The molecule has 0 rings (SSSR count). The molecule has 0 aliphatic heterocycles. The lowest BCUT2D eigenvalue weighted by Crippen LogP contribution is -2.53. The minimum absolute atomic E-state index is 0.357. The molecule has 0 saturated heterocycles. The highest BCUT2D eigenvalue weighted by molar-refractivity contribution is 5.80. The average Bonchev–Trinajstić information content (AvgIpc) is 3.13. The van der Waals surface area contributed by atoms with E-state index in [4.69, 9.17) is 0 Å². The highest BCUT2D eigenvalue weighted by Gasteiger charge is 2.28. The summed E-state index contributed by atoms with van der Waals surface area (Å²) >= 11 is 0. The summed E-state index contributed by atoms with van der Waals surface area (Å²) in [5.74, 6) is -0.598. The number of carbonyl (C=O) groups excluding carboxylic acids is 1. The van der Waals surface area contributed by atoms with Crippen LogP contribution in [0.15, 0.2) is 36.5 Å². The predicted molar refractivity (Wildman–Crippen MR) is 219 cm³/mol. The van der Waals surface area contributed by atoms with Crippen molar-refractivity contribution in [2.75, 3.05) is 6.61 Å². The molecule has 0 aliphatic rings. The number of aliphatic hydroxyl groups is 4. The Morgan fingerprint density at radius 1 is 0.490 bits per heavy atom. The third-order valence-electron chi connectivity index (χ3n) is 10.1. The van der Waals surface area contributed by atoms with Gasteiger partial charge in [-0.3, -0.25) is 4.79 Å². The molecule has 1 amide bonds. The first-order chi connectivity index (χ1) is 25.0. The normalized spacial score (nSPS) is 14.5. The Kier molecular flexibility index (Phi) is 38.6. The van der Waals surface area contributed by atoms with E-state index in [1.165, 1.54) is 141 Å². The maximum absolute atomic E-state index is 12.5. The maximum atomic E-state index is 12.5. The molecule has 6 heteroatoms. The second kappa shape index (κ2) is 39.7. The predicted octanol–water partition coefficient (Wildman–Crippen LogP) is 11.3. The topological polar surface area (TPSA) is 110 Å². The first-order valence-corrected chi connectivity index (χ1v) is 21.9. The highest BCUT2D eigenvalue weighted by Crippen LogP contribution is 2.15. The molecule has 0 bridgehead atoms. The lowest BCUT2D eigenvalue weighted by molar-refractivity contribution is -0.132. The van der Waals surface area contributed by atoms with Crippen LogP contribution in [0.2, 0.25) is 0 Å². The summed E-state index contributed by atoms with van der Waals surface area (Å²) in [6, 6.07) is -1.00. The number of hydrogen-bond donors (Lipinski definition) is 5. The van der Waals surface area contributed by atoms with Gasteiger partial charge in [-0.25, -0.2) is 0 Å². The Balaban J connectivity index is 3.79. The van der Waals surface area contributed by atoms with Gasteiger partial charge in [-0.05, 0) is 64.2 Å². The van der Waals surface area contributed by atoms with Gasteiger partial charge < -0.3 is 25.7 Å². The van der Waals surface area contributed by atoms with E-state index in [1.54, 1.807) is 0 Å². The van der Waals surface area contributed by atoms with Crippen molar-refractivity contribution in [2.24, 2.45) is 0 Å². The molecule has 0 spiro atoms. The Labute approximate surface area is 316 Å². The standard InChI is InChI=1S/C45H85NO5/c1-3-5-7-9-11-13-15-17-19-21-23-25-27-29-31-33-35-37-39-43(49)45(51)46-41(40-47)44(50)42(48)38-36-34-32-30-28-26-24-22-20-18-16-14-12-10-8-6-4-2/h11,13,15,17,30,32,41-44,47-50H,3-10,12,14,16,18-29,31,33-40H2,1-2H3,(H,46,51)/b13-11-,17-15-,32-30+. The number of allylic oxidation sites excluding steroid dienone is 6. The van der Waals surface area contributed by atoms with E-state index in [-0.39, 0.29) is 0 Å². The van der Waals surface area contributed by atoms with Crippen molar-refractivity contribution in [3.63, 3.8) is 0 Å². The minimum Gasteiger partial charge on any atom is -0.394 e. The summed E-state index contributed by atoms with van der Waals surface area (Å²) in [4.78, 5) is 12.5. The largest absolute Gasteiger partial charge is 0.394 e. The lowest BCUT2D eigenvalue weighted by atomic mass is 10.00. The number of rotatable bonds is 39. The second-order valence-corrected chi connectivity index (χ2v) is 15.1. The second-order valence-electron chi connectivity index (χ2n) is 15.1. The molecular weight excluding hydrogens is 634 g/mol. The van der Waals surface area contributed by atoms with Crippen LogP contribution in [-0.2, 0) is 4.79 Å². The molecule has 0 radical (unpaired) electrons. The molecule has 0 aliphatic carbocycles. The third kappa shape index (κ3) is 34.1. The Morgan fingerprint density at radius 3 is 1.33 bits per heavy atom. The zero-order valence-electron chi connectivity index (χ0n) is 33.6. The number of nitrogens with one attached hydrogen (secondary N) is 1. The van der Waals surface area contributed by atoms with Gasteiger partial charge in [0.15, 0.2) is 0 Å². The zero-order valence-corrected chi connectivity index (χ0v) is 33.6. The van der Waals surface area contributed by atoms with Crippen molar-refractivity contribution in [2.45, 2.75) is 237 Å². The van der Waals surface area contributed by atoms with Crippen LogP contribution in [0.5, 0.6) is 0 Å². The Bertz CT molecular complexity index is 812. The average molecular weight is 720 g/mol. The van der Waals surface area contributed by atoms with Gasteiger partial charge in [0.2, 0.25) is 5.91 Å². The highest BCUT2D eigenvalue weighted by atomic mass is 16.3. The molecule has 0 heterocycles. The fraction of sp³-hybridized carbons (Fsp3) is 0.844. The summed E-state index contributed by atoms with van der Waals surface area (Å²) in [7, 11) is 0. The minimum atomic E-state index is -1.28. The van der Waals surface area contributed by atoms with Gasteiger partial charge in [-0.1, -0.05) is 185 Å². The molecule has 300 valence electrons. The summed E-state index contributed by atoms with van der Waals surface area (Å²) in [6.45, 7) is 4.01. The van der Waals surface area contributed by atoms with E-state index < -0.39 is 36.9 Å². The van der Waals surface area contributed by atoms with Gasteiger partial charge in [0.25, 0.3) is 0 Å². The van der Waals surface area contributed by atoms with Gasteiger partial charge in [0.1, 0.15) is 12.2 Å². The summed E-state index contributed by atoms with van der Waals surface area (Å²) < 4.78 is 0. The Hall–Kier alpha value is -1.47. The van der Waals surface area contributed by atoms with Crippen molar-refractivity contribution in [1.82, 2.24) is 5.32 Å². The third-order valence-corrected chi connectivity index (χ3v) is 10.1. The van der Waals surface area contributed by atoms with Crippen molar-refractivity contribution < 1.29 is 25.2 Å². The van der Waals surface area contributed by atoms with Gasteiger partial charge in [0, 0.05) is 0 Å². The van der Waals surface area contributed by atoms with Crippen LogP contribution < -0.4 is 5.32 Å². The first-order valence-electron chi connectivity index (χ1n) is 21.9. The molecule has 0 aromatic rings. The number of amides is 1. The Morgan fingerprint density at radius 2 is 0.863 bits per heavy atom. The quantitative estimate of drug-likeness (QED) is 0.0247. The van der Waals surface area contributed by atoms with Crippen LogP contribution in [-0.4, -0.2) is 57.3 Å². The molecule has 4 atom stereocenters. The number of hydrogen-bond acceptors (Lipinski definition) is 5. The van der Waals surface area contributed by atoms with Crippen LogP contribution in [0.1, 0.15) is 213 Å². The van der Waals surface area contributed by atoms with Crippen molar-refractivity contribution in [3.05, 3.63) is 36.5 Å². The molecule has 0 aromatic carbocycles. The van der Waals surface area contributed by atoms with E-state index in [0.29, 0.717) is 12.8 Å². The van der Waals surface area contributed by atoms with Gasteiger partial charge >= 0.3 is 0 Å². The monoisotopic (exact) mass is 720 g/mol. The smallest absolute Gasteiger partial charge is 0.249 e. The summed E-state index contributed by atoms with van der Waals surface area (Å²) in [6.07, 6.45) is 46.0. The molecule has 0 aromatic heterocycles. The molecule has 5 N–H and O–H groups in total. The van der Waals surface area contributed by atoms with E-state index >= 15 is 0 Å². The van der Waals surface area contributed by atoms with Crippen LogP contribution in [0.4, 0.5) is 0 Å². The fourth-order valence-electron chi connectivity index (χ4n) is 6.57. The summed E-state index contributed by atoms with van der Waals surface area (Å²) in [5, 5.41) is 43.6. The zero-order chi connectivity index (χ0) is 37.5. The SMILES string of the molecule is CCCCC/C=C\C=C/CCCCCCCCCCCC(O)C(=O)NC(CO)C(O)C(O)CCC/C=C/CCCCCCCCCCCCCC. The number of carbonyl (C=O) groups is 1. The van der Waals surface area contributed by atoms with Crippen LogP contribution in [0.25, 0.3) is 0 Å². The molecule has 0 fully saturated rings. The van der Waals surface area contributed by atoms with Crippen LogP contribution >= 0.6 is 0 Å². The molecule has 4 unspecified atom stereocenters. The van der Waals surface area contributed by atoms with Gasteiger partial charge in [0.05, 0.1) is 18.8 Å². The van der Waals surface area contributed by atoms with E-state index in [1.807, 2.05) is 0 Å². The molecule has 6 nitrogen and oxygen atoms in total. The van der Waals surface area contributed by atoms with Gasteiger partial charge in [-0.2, -0.15) is 0 Å². The van der Waals surface area contributed by atoms with Crippen molar-refractivity contribution in [1.29, 1.82) is 0 Å². The number of aliphatic hydroxyl groups excluding tert-OH is 4. The molecule has 0 saturated carbocycles. The molecular formula is C45H85NO5. The van der Waals surface area contributed by atoms with Crippen LogP contribution in [0.3, 0.4) is 0 Å². The lowest BCUT2D eigenvalue weighted by Gasteiger charge is -2.27. The molecule has 51 heavy (non-hydrogen) atoms. The van der Waals surface area contributed by atoms with Crippen LogP contribution in [0, 0.1) is 0 Å². The first kappa shape index (κ1) is 49.5. The van der Waals surface area contributed by atoms with E-state index in [0.717, 1.165) is 44.9 Å². The van der Waals surface area contributed by atoms with E-state index in [2.05, 4.69) is 55.6 Å². The van der Waals surface area contributed by atoms with E-state index in [9.17, 15) is 25.2 Å².